The number of rotatable bonds is 6. The van der Waals surface area contributed by atoms with E-state index in [-0.39, 0.29) is 40.7 Å². The Kier molecular flexibility index (Phi) is 13.3. The van der Waals surface area contributed by atoms with E-state index in [2.05, 4.69) is 0 Å². The van der Waals surface area contributed by atoms with Crippen LogP contribution in [-0.4, -0.2) is 132 Å². The molecule has 2 aromatic carbocycles. The summed E-state index contributed by atoms with van der Waals surface area (Å²) >= 11 is 0. The first kappa shape index (κ1) is 40.6. The number of aliphatic hydroxyl groups is 6. The van der Waals surface area contributed by atoms with Gasteiger partial charge in [0.05, 0.1) is 12.7 Å². The zero-order chi connectivity index (χ0) is 35.8. The van der Waals surface area contributed by atoms with Crippen LogP contribution in [-0.2, 0) is 24.6 Å². The molecule has 20 nitrogen and oxygen atoms in total. The van der Waals surface area contributed by atoms with Crippen molar-refractivity contribution in [3.8, 4) is 40.1 Å². The van der Waals surface area contributed by atoms with E-state index in [1.807, 2.05) is 0 Å². The molecule has 0 unspecified atom stereocenters. The Hall–Kier alpha value is -2.84. The first-order valence-corrected chi connectivity index (χ1v) is 15.1. The van der Waals surface area contributed by atoms with Crippen molar-refractivity contribution in [1.29, 1.82) is 0 Å². The molecule has 10 atom stereocenters. The van der Waals surface area contributed by atoms with E-state index in [4.69, 9.17) is 40.9 Å². The maximum Gasteiger partial charge on any atom is 1.00 e. The van der Waals surface area contributed by atoms with Gasteiger partial charge in [-0.1, -0.05) is 17.9 Å². The molecule has 0 spiro atoms. The number of benzene rings is 2. The van der Waals surface area contributed by atoms with Crippen LogP contribution in [0.3, 0.4) is 0 Å². The second-order valence-corrected chi connectivity index (χ2v) is 11.6. The molecular weight excluding hydrogens is 699 g/mol. The largest absolute Gasteiger partial charge is 1.00 e. The van der Waals surface area contributed by atoms with Gasteiger partial charge >= 0.3 is 40.0 Å². The smallest absolute Gasteiger partial charge is 0.870 e. The summed E-state index contributed by atoms with van der Waals surface area (Å²) in [6.07, 6.45) is -16.2. The zero-order valence-electron chi connectivity index (χ0n) is 25.4. The first-order valence-electron chi connectivity index (χ1n) is 13.7. The number of phenols is 3. The third kappa shape index (κ3) is 9.29. The van der Waals surface area contributed by atoms with Gasteiger partial charge in [-0.05, 0) is 13.0 Å². The molecule has 0 radical (unpaired) electrons. The molecule has 1 aromatic heterocycles. The molecule has 11 N–H and O–H groups in total. The molecule has 2 aliphatic heterocycles. The Labute approximate surface area is 297 Å². The third-order valence-electron chi connectivity index (χ3n) is 7.27. The Morgan fingerprint density at radius 3 is 2.02 bits per heavy atom. The minimum atomic E-state index is -4.67. The van der Waals surface area contributed by atoms with Gasteiger partial charge < -0.3 is 74.4 Å². The van der Waals surface area contributed by atoms with Crippen LogP contribution in [0.2, 0.25) is 0 Å². The number of aliphatic hydroxyl groups excluding tert-OH is 6. The van der Waals surface area contributed by atoms with Gasteiger partial charge in [-0.2, -0.15) is 8.42 Å². The molecule has 0 saturated carbocycles. The van der Waals surface area contributed by atoms with Crippen molar-refractivity contribution in [2.45, 2.75) is 68.3 Å². The van der Waals surface area contributed by atoms with Crippen LogP contribution in [0.5, 0.6) is 28.7 Å². The summed E-state index contributed by atoms with van der Waals surface area (Å²) in [4.78, 5) is 13.6. The summed E-state index contributed by atoms with van der Waals surface area (Å²) in [6.45, 7) is 0.808. The summed E-state index contributed by atoms with van der Waals surface area (Å²) in [6, 6.07) is 4.98. The van der Waals surface area contributed by atoms with Crippen molar-refractivity contribution in [3.63, 3.8) is 0 Å². The van der Waals surface area contributed by atoms with Gasteiger partial charge in [0.1, 0.15) is 70.9 Å². The number of aromatic hydroxyl groups is 3. The molecule has 2 aliphatic rings. The van der Waals surface area contributed by atoms with Crippen molar-refractivity contribution in [2.24, 2.45) is 0 Å². The number of fused-ring (bicyclic) bond motifs is 1. The van der Waals surface area contributed by atoms with Crippen LogP contribution in [0.25, 0.3) is 22.3 Å². The molecule has 5 rings (SSSR count). The SMILES string of the molecule is C[C@@H]1O[C@@H](OC[C@H]2O[C@@H](Oc3c(-c4ccc([O-])c(O)c4)oc4cc(O)cc(O)c4c3=O)[C@H](O)[C@@H](O)[C@H]2O)[C@H](O)[C@H](O)[C@@H]1O.O=S(=O)(O)O.[Na+]. The third-order valence-corrected chi connectivity index (χ3v) is 7.27. The number of phenolic OH excluding ortho intramolecular Hbond substituents is 3. The van der Waals surface area contributed by atoms with Crippen LogP contribution in [0.1, 0.15) is 6.92 Å². The molecular formula is C27H31NaO20S. The molecule has 0 bridgehead atoms. The molecule has 0 amide bonds. The van der Waals surface area contributed by atoms with Crippen LogP contribution in [0.4, 0.5) is 0 Å². The second kappa shape index (κ2) is 16.0. The average molecular weight is 731 g/mol. The van der Waals surface area contributed by atoms with Crippen molar-refractivity contribution in [2.75, 3.05) is 6.61 Å². The van der Waals surface area contributed by atoms with Crippen LogP contribution in [0, 0.1) is 0 Å². The monoisotopic (exact) mass is 730 g/mol. The summed E-state index contributed by atoms with van der Waals surface area (Å²) < 4.78 is 59.3. The second-order valence-electron chi connectivity index (χ2n) is 10.7. The summed E-state index contributed by atoms with van der Waals surface area (Å²) in [5.74, 6) is -3.76. The van der Waals surface area contributed by atoms with Crippen molar-refractivity contribution in [1.82, 2.24) is 0 Å². The standard InChI is InChI=1S/C27H30O16.Na.H2O4S/c1-8-17(32)20(35)22(37)26(40-8)39-7-15-18(33)21(36)23(38)27(42-15)43-25-19(34)16-13(31)5-10(28)6-14(16)41-24(25)9-2-3-11(29)12(30)4-9;;1-5(2,3)4/h2-6,8,15,17-18,20-23,26-33,35-38H,7H2,1H3;;(H2,1,2,3,4)/q;+1;/p-1/t8-,15+,17+,18-,20+,21-,22+,23+,26+,27-;;/m0../s1. The fourth-order valence-electron chi connectivity index (χ4n) is 4.83. The molecule has 3 aromatic rings. The van der Waals surface area contributed by atoms with Gasteiger partial charge in [0, 0.05) is 17.7 Å². The van der Waals surface area contributed by atoms with Crippen molar-refractivity contribution < 1.29 is 122 Å². The van der Waals surface area contributed by atoms with Gasteiger partial charge in [0.25, 0.3) is 0 Å². The predicted molar refractivity (Wildman–Crippen MR) is 152 cm³/mol. The fraction of sp³-hybridized carbons (Fsp3) is 0.444. The Bertz CT molecular complexity index is 1780. The molecule has 2 fully saturated rings. The van der Waals surface area contributed by atoms with Crippen LogP contribution in [0.15, 0.2) is 39.5 Å². The minimum Gasteiger partial charge on any atom is -0.870 e. The Balaban J connectivity index is 0.00000101. The average Bonchev–Trinajstić information content (AvgIpc) is 2.99. The van der Waals surface area contributed by atoms with Gasteiger partial charge in [-0.25, -0.2) is 0 Å². The van der Waals surface area contributed by atoms with E-state index >= 15 is 0 Å². The van der Waals surface area contributed by atoms with E-state index in [1.54, 1.807) is 0 Å². The summed E-state index contributed by atoms with van der Waals surface area (Å²) in [5, 5.41) is 103. The normalized spacial score (nSPS) is 30.1. The predicted octanol–water partition coefficient (Wildman–Crippen LogP) is -5.97. The maximum atomic E-state index is 13.6. The van der Waals surface area contributed by atoms with Gasteiger partial charge in [-0.15, -0.1) is 0 Å². The van der Waals surface area contributed by atoms with E-state index < -0.39 is 124 Å². The first-order chi connectivity index (χ1) is 22.3. The molecule has 2 saturated heterocycles. The van der Waals surface area contributed by atoms with Crippen LogP contribution >= 0.6 is 0 Å². The molecule has 22 heteroatoms. The van der Waals surface area contributed by atoms with Crippen molar-refractivity contribution >= 4 is 21.4 Å². The quantitative estimate of drug-likeness (QED) is 0.0830. The van der Waals surface area contributed by atoms with E-state index in [9.17, 15) is 55.9 Å². The summed E-state index contributed by atoms with van der Waals surface area (Å²) in [5.41, 5.74) is -1.42. The zero-order valence-corrected chi connectivity index (χ0v) is 28.2. The van der Waals surface area contributed by atoms with Gasteiger partial charge in [0.2, 0.25) is 17.5 Å². The fourth-order valence-corrected chi connectivity index (χ4v) is 4.83. The Morgan fingerprint density at radius 2 is 1.41 bits per heavy atom. The summed E-state index contributed by atoms with van der Waals surface area (Å²) in [7, 11) is -4.67. The van der Waals surface area contributed by atoms with E-state index in [0.29, 0.717) is 0 Å². The minimum absolute atomic E-state index is 0. The van der Waals surface area contributed by atoms with E-state index in [0.717, 1.165) is 24.3 Å². The molecule has 266 valence electrons. The maximum absolute atomic E-state index is 13.6. The number of ether oxygens (including phenoxy) is 4. The topological polar surface area (TPSA) is 347 Å². The molecule has 3 heterocycles. The van der Waals surface area contributed by atoms with Crippen molar-refractivity contribution in [3.05, 3.63) is 40.6 Å². The van der Waals surface area contributed by atoms with Gasteiger partial charge in [-0.3, -0.25) is 13.9 Å². The Morgan fingerprint density at radius 1 is 0.816 bits per heavy atom. The molecule has 0 aliphatic carbocycles. The number of hydrogen-bond donors (Lipinski definition) is 11. The molecule has 49 heavy (non-hydrogen) atoms. The number of hydrogen-bond acceptors (Lipinski definition) is 18. The van der Waals surface area contributed by atoms with Gasteiger partial charge in [0.15, 0.2) is 12.1 Å². The van der Waals surface area contributed by atoms with E-state index in [1.165, 1.54) is 13.0 Å². The van der Waals surface area contributed by atoms with Crippen LogP contribution < -0.4 is 44.8 Å².